The Labute approximate surface area is 340 Å². The van der Waals surface area contributed by atoms with Crippen molar-refractivity contribution in [2.45, 2.75) is 51.4 Å². The predicted octanol–water partition coefficient (Wildman–Crippen LogP) is 3.89. The number of aromatic carboxylic acids is 1. The highest BCUT2D eigenvalue weighted by atomic mass is 16.5. The summed E-state index contributed by atoms with van der Waals surface area (Å²) in [4.78, 5) is 67.5. The number of amides is 2. The summed E-state index contributed by atoms with van der Waals surface area (Å²) in [5.41, 5.74) is 2.54. The van der Waals surface area contributed by atoms with Crippen molar-refractivity contribution >= 4 is 40.5 Å². The number of carbonyl (C=O) groups excluding carboxylic acids is 2. The Morgan fingerprint density at radius 2 is 1.71 bits per heavy atom. The zero-order chi connectivity index (χ0) is 42.4. The van der Waals surface area contributed by atoms with E-state index in [1.807, 2.05) is 81.0 Å². The molecule has 3 aliphatic rings. The van der Waals surface area contributed by atoms with Crippen molar-refractivity contribution in [3.05, 3.63) is 110 Å². The zero-order valence-electron chi connectivity index (χ0n) is 33.9. The van der Waals surface area contributed by atoms with E-state index in [1.54, 1.807) is 6.07 Å². The summed E-state index contributed by atoms with van der Waals surface area (Å²) in [6.07, 6.45) is 6.36. The molecule has 2 amide bonds. The molecule has 0 radical (unpaired) electrons. The third-order valence-corrected chi connectivity index (χ3v) is 10.6. The van der Waals surface area contributed by atoms with Crippen LogP contribution in [0.3, 0.4) is 0 Å². The van der Waals surface area contributed by atoms with Gasteiger partial charge in [-0.25, -0.2) is 14.2 Å². The van der Waals surface area contributed by atoms with Crippen molar-refractivity contribution in [1.82, 2.24) is 24.8 Å². The fourth-order valence-corrected chi connectivity index (χ4v) is 7.23. The molecule has 0 spiro atoms. The minimum Gasteiger partial charge on any atom is -0.478 e. The number of carbonyl (C=O) groups is 3. The first-order valence-electron chi connectivity index (χ1n) is 19.7. The number of benzene rings is 3. The summed E-state index contributed by atoms with van der Waals surface area (Å²) < 4.78 is 15.4. The van der Waals surface area contributed by atoms with Crippen molar-refractivity contribution in [3.8, 4) is 22.5 Å². The summed E-state index contributed by atoms with van der Waals surface area (Å²) in [6, 6.07) is 16.2. The van der Waals surface area contributed by atoms with Gasteiger partial charge in [0.2, 0.25) is 11.3 Å². The molecule has 6 rings (SSSR count). The molecule has 15 nitrogen and oxygen atoms in total. The average Bonchev–Trinajstić information content (AvgIpc) is 3.59. The van der Waals surface area contributed by atoms with Gasteiger partial charge >= 0.3 is 11.7 Å². The molecule has 310 valence electrons. The number of fused-ring (bicyclic) bond motifs is 2. The topological polar surface area (TPSA) is 199 Å². The maximum atomic E-state index is 13.4. The fraction of sp³-hybridized carbons (Fsp3) is 0.364. The number of nitrogens with one attached hydrogen (secondary N) is 3. The largest absolute Gasteiger partial charge is 0.478 e. The van der Waals surface area contributed by atoms with Crippen LogP contribution in [-0.4, -0.2) is 91.5 Å². The van der Waals surface area contributed by atoms with E-state index in [0.29, 0.717) is 71.3 Å². The molecule has 2 aliphatic heterocycles. The number of rotatable bonds is 15. The second-order valence-corrected chi connectivity index (χ2v) is 15.3. The number of aliphatic hydroxyl groups excluding tert-OH is 1. The molecule has 3 heterocycles. The molecule has 3 atom stereocenters. The third kappa shape index (κ3) is 9.70. The Kier molecular flexibility index (Phi) is 13.3. The van der Waals surface area contributed by atoms with Gasteiger partial charge in [0.1, 0.15) is 31.7 Å². The lowest BCUT2D eigenvalue weighted by atomic mass is 9.89. The molecule has 1 aromatic heterocycles. The van der Waals surface area contributed by atoms with Gasteiger partial charge in [0.05, 0.1) is 29.9 Å². The zero-order valence-corrected chi connectivity index (χ0v) is 33.9. The molecule has 1 saturated heterocycles. The van der Waals surface area contributed by atoms with Crippen LogP contribution in [0.15, 0.2) is 80.9 Å². The Morgan fingerprint density at radius 3 is 2.39 bits per heavy atom. The Bertz CT molecular complexity index is 2560. The van der Waals surface area contributed by atoms with E-state index in [1.165, 1.54) is 35.0 Å². The maximum Gasteiger partial charge on any atom is 0.336 e. The quantitative estimate of drug-likeness (QED) is 0.0448. The molecular formula is C44H51N6O9+. The molecule has 1 fully saturated rings. The van der Waals surface area contributed by atoms with Gasteiger partial charge in [-0.2, -0.15) is 0 Å². The number of aromatic amines is 1. The van der Waals surface area contributed by atoms with Crippen LogP contribution < -0.4 is 36.7 Å². The van der Waals surface area contributed by atoms with Gasteiger partial charge < -0.3 is 34.9 Å². The normalized spacial score (nSPS) is 16.5. The second-order valence-electron chi connectivity index (χ2n) is 15.3. The first-order valence-corrected chi connectivity index (χ1v) is 19.7. The van der Waals surface area contributed by atoms with Crippen molar-refractivity contribution in [2.24, 2.45) is 5.92 Å². The van der Waals surface area contributed by atoms with E-state index >= 15 is 0 Å². The Balaban J connectivity index is 1.05. The van der Waals surface area contributed by atoms with Crippen LogP contribution in [0.1, 0.15) is 71.5 Å². The van der Waals surface area contributed by atoms with Crippen LogP contribution in [0.25, 0.3) is 39.5 Å². The SMILES string of the molecule is CC1CC(n2cc(C=CC(=O)NCCCCCCNC(=O)c3ccc(C(=O)O)c(-c4c5ccc(=[N+](C)C)cc-5oc5cc(N(C)C)ccc45)c3)c(=O)[nH]c2=O)OC1CO. The van der Waals surface area contributed by atoms with Crippen molar-refractivity contribution in [1.29, 1.82) is 0 Å². The predicted molar refractivity (Wildman–Crippen MR) is 226 cm³/mol. The summed E-state index contributed by atoms with van der Waals surface area (Å²) in [5.74, 6) is -1.22. The molecule has 2 aromatic carbocycles. The van der Waals surface area contributed by atoms with Gasteiger partial charge in [-0.15, -0.1) is 0 Å². The van der Waals surface area contributed by atoms with Crippen LogP contribution in [0.5, 0.6) is 0 Å². The molecule has 5 N–H and O–H groups in total. The van der Waals surface area contributed by atoms with E-state index in [-0.39, 0.29) is 29.6 Å². The molecule has 0 bridgehead atoms. The van der Waals surface area contributed by atoms with Crippen LogP contribution in [-0.2, 0) is 9.53 Å². The lowest BCUT2D eigenvalue weighted by Gasteiger charge is -2.19. The smallest absolute Gasteiger partial charge is 0.336 e. The summed E-state index contributed by atoms with van der Waals surface area (Å²) in [6.45, 7) is 2.55. The first kappa shape index (κ1) is 42.3. The number of carboxylic acids is 1. The lowest BCUT2D eigenvalue weighted by molar-refractivity contribution is -0.116. The fourth-order valence-electron chi connectivity index (χ4n) is 7.23. The van der Waals surface area contributed by atoms with Gasteiger partial charge in [0.15, 0.2) is 0 Å². The maximum absolute atomic E-state index is 13.4. The van der Waals surface area contributed by atoms with Crippen molar-refractivity contribution in [2.75, 3.05) is 52.8 Å². The monoisotopic (exact) mass is 807 g/mol. The highest BCUT2D eigenvalue weighted by Gasteiger charge is 2.33. The van der Waals surface area contributed by atoms with Crippen LogP contribution in [0.2, 0.25) is 0 Å². The minimum atomic E-state index is -1.11. The Hall–Kier alpha value is -6.32. The van der Waals surface area contributed by atoms with E-state index in [9.17, 15) is 34.2 Å². The van der Waals surface area contributed by atoms with Crippen LogP contribution in [0, 0.1) is 5.92 Å². The number of nitrogens with zero attached hydrogens (tertiary/aromatic N) is 3. The number of hydrogen-bond donors (Lipinski definition) is 5. The number of carboxylic acid groups (broad SMARTS) is 1. The summed E-state index contributed by atoms with van der Waals surface area (Å²) >= 11 is 0. The number of aliphatic hydroxyl groups is 1. The third-order valence-electron chi connectivity index (χ3n) is 10.6. The second kappa shape index (κ2) is 18.5. The van der Waals surface area contributed by atoms with Crippen molar-refractivity contribution in [3.63, 3.8) is 0 Å². The Morgan fingerprint density at radius 1 is 0.966 bits per heavy atom. The highest BCUT2D eigenvalue weighted by molar-refractivity contribution is 6.09. The van der Waals surface area contributed by atoms with Crippen LogP contribution in [0.4, 0.5) is 5.69 Å². The highest BCUT2D eigenvalue weighted by Crippen LogP contribution is 2.42. The summed E-state index contributed by atoms with van der Waals surface area (Å²) in [7, 11) is 7.73. The molecule has 59 heavy (non-hydrogen) atoms. The van der Waals surface area contributed by atoms with Crippen molar-refractivity contribution < 1.29 is 33.8 Å². The average molecular weight is 808 g/mol. The van der Waals surface area contributed by atoms with Gasteiger partial charge in [0.25, 0.3) is 11.5 Å². The summed E-state index contributed by atoms with van der Waals surface area (Å²) in [5, 5.41) is 27.2. The molecule has 1 aliphatic carbocycles. The van der Waals surface area contributed by atoms with Crippen LogP contribution >= 0.6 is 0 Å². The van der Waals surface area contributed by atoms with E-state index in [2.05, 4.69) is 15.6 Å². The van der Waals surface area contributed by atoms with E-state index in [4.69, 9.17) is 9.15 Å². The standard InChI is InChI=1S/C44H50N6O9/c1-26-20-39(59-37(26)25-51)50-24-28(42(54)47-44(50)57)11-17-38(52)45-18-8-6-7-9-19-46-41(53)27-10-14-31(43(55)56)34(21-27)40-32-15-12-29(48(2)3)22-35(32)58-36-23-30(49(4)5)13-16-33(36)40/h10-17,21-24,26,37,39,51H,6-9,18-20,25H2,1-5H3,(H3-,45,46,47,52,53,54,55,56,57)/p+1. The van der Waals surface area contributed by atoms with E-state index in [0.717, 1.165) is 23.9 Å². The molecule has 0 saturated carbocycles. The number of aromatic nitrogens is 2. The van der Waals surface area contributed by atoms with E-state index < -0.39 is 35.5 Å². The molecule has 3 unspecified atom stereocenters. The van der Waals surface area contributed by atoms with Gasteiger partial charge in [-0.1, -0.05) is 19.8 Å². The first-order chi connectivity index (χ1) is 28.2. The lowest BCUT2D eigenvalue weighted by Crippen LogP contribution is -2.33. The number of anilines is 1. The minimum absolute atomic E-state index is 0.0298. The van der Waals surface area contributed by atoms with Gasteiger partial charge in [-0.05, 0) is 73.2 Å². The number of unbranched alkanes of at least 4 members (excludes halogenated alkanes) is 3. The van der Waals surface area contributed by atoms with Gasteiger partial charge in [0, 0.05) is 79.4 Å². The molecule has 15 heteroatoms. The van der Waals surface area contributed by atoms with Gasteiger partial charge in [-0.3, -0.25) is 23.9 Å². The molecular weight excluding hydrogens is 757 g/mol. The number of ether oxygens (including phenoxy) is 1. The number of hydrogen-bond acceptors (Lipinski definition) is 9. The number of H-pyrrole nitrogens is 1. The molecule has 3 aromatic rings.